The summed E-state index contributed by atoms with van der Waals surface area (Å²) in [6.45, 7) is 8.06. The summed E-state index contributed by atoms with van der Waals surface area (Å²) >= 11 is 0. The summed E-state index contributed by atoms with van der Waals surface area (Å²) in [5.41, 5.74) is 0.814. The van der Waals surface area contributed by atoms with Crippen molar-refractivity contribution < 1.29 is 47.1 Å². The number of rotatable bonds is 1. The average molecular weight is 701 g/mol. The fourth-order valence-electron chi connectivity index (χ4n) is 4.07. The molecule has 1 saturated carbocycles. The maximum absolute atomic E-state index is 14.3. The SMILES string of the molecule is C[C@H]1Nc2nc(nc3cc(F)[c-]cc23)CC2(CC2)COc2c1cccc2C(C)(F)F.[CH2-]C.[CH3-].[Pu]. The molecule has 0 radical (unpaired) electrons. The van der Waals surface area contributed by atoms with Gasteiger partial charge < -0.3 is 24.4 Å². The molecule has 1 fully saturated rings. The van der Waals surface area contributed by atoms with Crippen LogP contribution in [0, 0.1) is 60.8 Å². The first-order chi connectivity index (χ1) is 15.2. The number of alkyl halides is 2. The second-order valence-electron chi connectivity index (χ2n) is 8.51. The van der Waals surface area contributed by atoms with Crippen LogP contribution >= 0.6 is 0 Å². The van der Waals surface area contributed by atoms with Crippen LogP contribution in [0.2, 0.25) is 0 Å². The van der Waals surface area contributed by atoms with E-state index in [0.717, 1.165) is 19.8 Å². The molecule has 2 heterocycles. The molecule has 8 heteroatoms. The molecule has 4 nitrogen and oxygen atoms in total. The molecule has 1 N–H and O–H groups in total. The van der Waals surface area contributed by atoms with E-state index in [-0.39, 0.29) is 59.4 Å². The third kappa shape index (κ3) is 5.68. The van der Waals surface area contributed by atoms with E-state index in [1.165, 1.54) is 18.2 Å². The van der Waals surface area contributed by atoms with Crippen molar-refractivity contribution in [2.75, 3.05) is 11.9 Å². The average Bonchev–Trinajstić information content (AvgIpc) is 3.51. The Morgan fingerprint density at radius 2 is 1.94 bits per heavy atom. The van der Waals surface area contributed by atoms with Crippen LogP contribution in [0.3, 0.4) is 0 Å². The first-order valence-corrected chi connectivity index (χ1v) is 10.7. The predicted molar refractivity (Wildman–Crippen MR) is 125 cm³/mol. The number of halogens is 3. The molecule has 1 aromatic heterocycles. The van der Waals surface area contributed by atoms with Crippen LogP contribution in [0.15, 0.2) is 30.3 Å². The molecule has 2 aliphatic rings. The van der Waals surface area contributed by atoms with Gasteiger partial charge in [0, 0.05) is 59.3 Å². The number of benzene rings is 2. The van der Waals surface area contributed by atoms with E-state index in [1.807, 2.05) is 6.92 Å². The maximum Gasteiger partial charge on any atom is 0.274 e. The quantitative estimate of drug-likeness (QED) is 0.282. The van der Waals surface area contributed by atoms with Gasteiger partial charge in [-0.05, 0) is 31.3 Å². The summed E-state index contributed by atoms with van der Waals surface area (Å²) in [7, 11) is 0. The molecule has 2 aromatic carbocycles. The van der Waals surface area contributed by atoms with Gasteiger partial charge in [0.25, 0.3) is 5.92 Å². The Labute approximate surface area is 221 Å². The fraction of sp³-hybridized carbons (Fsp3) is 0.385. The number of hydrogen-bond acceptors (Lipinski definition) is 4. The van der Waals surface area contributed by atoms with Crippen LogP contribution in [0.4, 0.5) is 19.0 Å². The molecule has 0 saturated heterocycles. The van der Waals surface area contributed by atoms with Crippen LogP contribution in [-0.2, 0) is 12.3 Å². The molecule has 3 aromatic rings. The number of anilines is 1. The van der Waals surface area contributed by atoms with Crippen molar-refractivity contribution in [3.8, 4) is 5.75 Å². The Kier molecular flexibility index (Phi) is 9.04. The standard InChI is InChI=1S/C23H21F3N3O.C2H5.CH3.Pu/c1-13-15-4-3-5-17(22(2,25)26)20(15)30-12-23(8-9-23)11-19-28-18-10-14(24)6-7-16(18)21(27-13)29-19;1-2;;/h3-5,7,10,13H,8-9,11-12H2,1-2H3,(H,27,28,29);1H2,2H3;1H3;/q3*-1;/t13-;;;/m1.../s1. The number of nitrogens with one attached hydrogen (secondary N) is 1. The Morgan fingerprint density at radius 1 is 1.24 bits per heavy atom. The largest absolute Gasteiger partial charge is 0.492 e. The zero-order valence-electron chi connectivity index (χ0n) is 19.8. The molecule has 5 rings (SSSR count). The van der Waals surface area contributed by atoms with Gasteiger partial charge in [-0.3, -0.25) is 4.98 Å². The van der Waals surface area contributed by atoms with Crippen LogP contribution in [0.25, 0.3) is 10.9 Å². The van der Waals surface area contributed by atoms with Gasteiger partial charge in [-0.1, -0.05) is 17.5 Å². The van der Waals surface area contributed by atoms with Gasteiger partial charge in [-0.2, -0.15) is 13.0 Å². The molecule has 0 unspecified atom stereocenters. The zero-order valence-corrected chi connectivity index (χ0v) is 23.2. The zero-order chi connectivity index (χ0) is 23.1. The molecule has 1 aliphatic heterocycles. The Bertz CT molecular complexity index is 1150. The maximum atomic E-state index is 14.3. The van der Waals surface area contributed by atoms with Gasteiger partial charge in [-0.25, -0.2) is 18.2 Å². The van der Waals surface area contributed by atoms with Gasteiger partial charge in [0.2, 0.25) is 0 Å². The summed E-state index contributed by atoms with van der Waals surface area (Å²) in [5.74, 6) is -2.16. The minimum Gasteiger partial charge on any atom is -0.492 e. The summed E-state index contributed by atoms with van der Waals surface area (Å²) < 4.78 is 48.5. The van der Waals surface area contributed by atoms with E-state index in [2.05, 4.69) is 23.3 Å². The first kappa shape index (κ1) is 28.4. The molecule has 1 aliphatic carbocycles. The number of nitrogens with zero attached hydrogens (tertiary/aromatic N) is 2. The van der Waals surface area contributed by atoms with Gasteiger partial charge in [-0.15, -0.1) is 12.1 Å². The second-order valence-corrected chi connectivity index (χ2v) is 8.51. The van der Waals surface area contributed by atoms with Crippen LogP contribution < -0.4 is 10.1 Å². The third-order valence-electron chi connectivity index (χ3n) is 5.99. The Morgan fingerprint density at radius 3 is 2.59 bits per heavy atom. The summed E-state index contributed by atoms with van der Waals surface area (Å²) in [6, 6.07) is 9.86. The minimum absolute atomic E-state index is 0. The number of aromatic nitrogens is 2. The Hall–Kier alpha value is -1.84. The smallest absolute Gasteiger partial charge is 0.274 e. The van der Waals surface area contributed by atoms with E-state index in [4.69, 9.17) is 9.72 Å². The van der Waals surface area contributed by atoms with Crippen molar-refractivity contribution >= 4 is 16.7 Å². The van der Waals surface area contributed by atoms with Crippen molar-refractivity contribution in [3.63, 3.8) is 0 Å². The van der Waals surface area contributed by atoms with Crippen molar-refractivity contribution in [1.29, 1.82) is 0 Å². The van der Waals surface area contributed by atoms with E-state index >= 15 is 0 Å². The van der Waals surface area contributed by atoms with Gasteiger partial charge in [0.05, 0.1) is 24.0 Å². The normalized spacial score (nSPS) is 17.9. The van der Waals surface area contributed by atoms with E-state index in [0.29, 0.717) is 41.1 Å². The van der Waals surface area contributed by atoms with Crippen LogP contribution in [-0.4, -0.2) is 16.6 Å². The van der Waals surface area contributed by atoms with Gasteiger partial charge >= 0.3 is 0 Å². The molecular formula is C26H29F3N3OPu-3. The van der Waals surface area contributed by atoms with E-state index < -0.39 is 11.7 Å². The monoisotopic (exact) mass is 694 g/mol. The summed E-state index contributed by atoms with van der Waals surface area (Å²) in [4.78, 5) is 9.25. The molecular weight excluding hydrogens is 671 g/mol. The van der Waals surface area contributed by atoms with E-state index in [9.17, 15) is 13.2 Å². The minimum atomic E-state index is -3.03. The molecule has 2 bridgehead atoms. The molecule has 0 amide bonds. The molecule has 34 heavy (non-hydrogen) atoms. The van der Waals surface area contributed by atoms with Crippen molar-refractivity contribution in [1.82, 2.24) is 9.97 Å². The number of para-hydroxylation sites is 1. The van der Waals surface area contributed by atoms with Gasteiger partial charge in [0.15, 0.2) is 0 Å². The predicted octanol–water partition coefficient (Wildman–Crippen LogP) is 6.86. The van der Waals surface area contributed by atoms with Crippen LogP contribution in [0.1, 0.15) is 56.6 Å². The Balaban J connectivity index is 0.000000995. The van der Waals surface area contributed by atoms with Crippen molar-refractivity contribution in [2.24, 2.45) is 5.41 Å². The second kappa shape index (κ2) is 10.8. The van der Waals surface area contributed by atoms with E-state index in [1.54, 1.807) is 19.1 Å². The molecule has 1 spiro atoms. The topological polar surface area (TPSA) is 47.0 Å². The number of ether oxygens (including phenoxy) is 1. The number of fused-ring (bicyclic) bond motifs is 5. The van der Waals surface area contributed by atoms with Crippen molar-refractivity contribution in [3.05, 3.63) is 73.5 Å². The summed E-state index contributed by atoms with van der Waals surface area (Å²) in [6.07, 6.45) is 2.36. The fourth-order valence-corrected chi connectivity index (χ4v) is 4.07. The first-order valence-electron chi connectivity index (χ1n) is 10.7. The molecule has 1 atom stereocenters. The number of hydrogen-bond donors (Lipinski definition) is 1. The van der Waals surface area contributed by atoms with Crippen LogP contribution in [0.5, 0.6) is 5.75 Å². The van der Waals surface area contributed by atoms with Crippen molar-refractivity contribution in [2.45, 2.75) is 52.0 Å². The van der Waals surface area contributed by atoms with Gasteiger partial charge in [0.1, 0.15) is 11.6 Å². The summed E-state index contributed by atoms with van der Waals surface area (Å²) in [5, 5.41) is 3.94. The molecule has 184 valence electrons. The third-order valence-corrected chi connectivity index (χ3v) is 5.99.